The predicted molar refractivity (Wildman–Crippen MR) is 97.8 cm³/mol. The Morgan fingerprint density at radius 1 is 1.35 bits per heavy atom. The van der Waals surface area contributed by atoms with Crippen molar-refractivity contribution in [1.82, 2.24) is 10.2 Å². The Labute approximate surface area is 154 Å². The van der Waals surface area contributed by atoms with Crippen molar-refractivity contribution in [2.75, 3.05) is 32.9 Å². The summed E-state index contributed by atoms with van der Waals surface area (Å²) in [6.45, 7) is 4.08. The Balaban J connectivity index is 1.36. The molecule has 6 nitrogen and oxygen atoms in total. The van der Waals surface area contributed by atoms with E-state index in [4.69, 9.17) is 9.47 Å². The van der Waals surface area contributed by atoms with Gasteiger partial charge in [-0.1, -0.05) is 12.1 Å². The molecule has 0 bridgehead atoms. The summed E-state index contributed by atoms with van der Waals surface area (Å²) < 4.78 is 11.1. The molecular formula is C20H28N2O4. The molecule has 0 saturated carbocycles. The maximum Gasteiger partial charge on any atom is 0.251 e. The van der Waals surface area contributed by atoms with Gasteiger partial charge in [-0.3, -0.25) is 9.59 Å². The number of carbonyl (C=O) groups is 2. The largest absolute Gasteiger partial charge is 0.379 e. The van der Waals surface area contributed by atoms with Gasteiger partial charge in [-0.05, 0) is 43.4 Å². The summed E-state index contributed by atoms with van der Waals surface area (Å²) in [6.07, 6.45) is 4.78. The van der Waals surface area contributed by atoms with Crippen LogP contribution in [-0.4, -0.2) is 55.7 Å². The molecule has 2 heterocycles. The van der Waals surface area contributed by atoms with Crippen LogP contribution in [0.1, 0.15) is 48.0 Å². The normalized spacial score (nSPS) is 19.9. The van der Waals surface area contributed by atoms with Crippen LogP contribution in [-0.2, 0) is 20.8 Å². The quantitative estimate of drug-likeness (QED) is 0.685. The Morgan fingerprint density at radius 2 is 2.27 bits per heavy atom. The van der Waals surface area contributed by atoms with Crippen molar-refractivity contribution in [1.29, 1.82) is 0 Å². The molecule has 1 unspecified atom stereocenters. The first kappa shape index (κ1) is 18.9. The van der Waals surface area contributed by atoms with Gasteiger partial charge in [0.1, 0.15) is 0 Å². The third kappa shape index (κ3) is 5.54. The van der Waals surface area contributed by atoms with Crippen LogP contribution in [0.4, 0.5) is 0 Å². The average Bonchev–Trinajstić information content (AvgIpc) is 3.30. The van der Waals surface area contributed by atoms with E-state index < -0.39 is 0 Å². The molecular weight excluding hydrogens is 332 g/mol. The van der Waals surface area contributed by atoms with Crippen molar-refractivity contribution in [3.8, 4) is 0 Å². The summed E-state index contributed by atoms with van der Waals surface area (Å²) >= 11 is 0. The lowest BCUT2D eigenvalue weighted by atomic mass is 10.1. The van der Waals surface area contributed by atoms with Crippen molar-refractivity contribution in [3.05, 3.63) is 35.4 Å². The Morgan fingerprint density at radius 3 is 3.04 bits per heavy atom. The molecule has 26 heavy (non-hydrogen) atoms. The van der Waals surface area contributed by atoms with Gasteiger partial charge in [0.05, 0.1) is 12.7 Å². The standard InChI is InChI=1S/C20H28N2O4/c23-19-8-2-10-22(19)14-16-5-1-6-17(13-16)20(24)21-9-4-11-25-15-18-7-3-12-26-18/h1,5-6,13,18H,2-4,7-12,14-15H2,(H,21,24). The van der Waals surface area contributed by atoms with Gasteiger partial charge in [0.25, 0.3) is 5.91 Å². The molecule has 0 aliphatic carbocycles. The van der Waals surface area contributed by atoms with E-state index in [0.717, 1.165) is 44.4 Å². The van der Waals surface area contributed by atoms with Crippen LogP contribution in [0.5, 0.6) is 0 Å². The Bertz CT molecular complexity index is 614. The van der Waals surface area contributed by atoms with E-state index in [0.29, 0.717) is 38.3 Å². The van der Waals surface area contributed by atoms with E-state index >= 15 is 0 Å². The minimum absolute atomic E-state index is 0.0845. The van der Waals surface area contributed by atoms with Gasteiger partial charge in [0.15, 0.2) is 0 Å². The second-order valence-electron chi connectivity index (χ2n) is 6.94. The fourth-order valence-electron chi connectivity index (χ4n) is 3.37. The van der Waals surface area contributed by atoms with Gasteiger partial charge in [-0.15, -0.1) is 0 Å². The lowest BCUT2D eigenvalue weighted by Gasteiger charge is -2.16. The van der Waals surface area contributed by atoms with E-state index in [1.807, 2.05) is 23.1 Å². The predicted octanol–water partition coefficient (Wildman–Crippen LogP) is 2.12. The number of likely N-dealkylation sites (tertiary alicyclic amines) is 1. The van der Waals surface area contributed by atoms with Crippen LogP contribution < -0.4 is 5.32 Å². The molecule has 1 N–H and O–H groups in total. The number of ether oxygens (including phenoxy) is 2. The zero-order valence-electron chi connectivity index (χ0n) is 15.2. The van der Waals surface area contributed by atoms with E-state index in [2.05, 4.69) is 5.32 Å². The molecule has 2 amide bonds. The first-order chi connectivity index (χ1) is 12.7. The van der Waals surface area contributed by atoms with Crippen LogP contribution in [0.2, 0.25) is 0 Å². The van der Waals surface area contributed by atoms with Crippen molar-refractivity contribution in [2.24, 2.45) is 0 Å². The lowest BCUT2D eigenvalue weighted by Crippen LogP contribution is -2.26. The van der Waals surface area contributed by atoms with Gasteiger partial charge in [-0.25, -0.2) is 0 Å². The smallest absolute Gasteiger partial charge is 0.251 e. The van der Waals surface area contributed by atoms with Gasteiger partial charge in [0.2, 0.25) is 5.91 Å². The molecule has 3 rings (SSSR count). The van der Waals surface area contributed by atoms with Crippen molar-refractivity contribution >= 4 is 11.8 Å². The summed E-state index contributed by atoms with van der Waals surface area (Å²) in [6, 6.07) is 7.50. The van der Waals surface area contributed by atoms with Gasteiger partial charge < -0.3 is 19.7 Å². The number of benzene rings is 1. The number of hydrogen-bond acceptors (Lipinski definition) is 4. The second kappa shape index (κ2) is 9.69. The monoisotopic (exact) mass is 360 g/mol. The van der Waals surface area contributed by atoms with Crippen LogP contribution >= 0.6 is 0 Å². The summed E-state index contributed by atoms with van der Waals surface area (Å²) in [5, 5.41) is 2.93. The SMILES string of the molecule is O=C(NCCCOCC1CCCO1)c1cccc(CN2CCCC2=O)c1. The molecule has 6 heteroatoms. The highest BCUT2D eigenvalue weighted by atomic mass is 16.5. The Kier molecular flexibility index (Phi) is 7.03. The maximum absolute atomic E-state index is 12.3. The highest BCUT2D eigenvalue weighted by Gasteiger charge is 2.20. The highest BCUT2D eigenvalue weighted by molar-refractivity contribution is 5.94. The molecule has 1 aromatic carbocycles. The van der Waals surface area contributed by atoms with Crippen LogP contribution in [0.25, 0.3) is 0 Å². The zero-order valence-corrected chi connectivity index (χ0v) is 15.2. The van der Waals surface area contributed by atoms with Crippen molar-refractivity contribution in [2.45, 2.75) is 44.8 Å². The minimum Gasteiger partial charge on any atom is -0.379 e. The zero-order chi connectivity index (χ0) is 18.2. The molecule has 142 valence electrons. The third-order valence-electron chi connectivity index (χ3n) is 4.81. The molecule has 0 aromatic heterocycles. The molecule has 0 spiro atoms. The molecule has 2 aliphatic rings. The highest BCUT2D eigenvalue weighted by Crippen LogP contribution is 2.15. The van der Waals surface area contributed by atoms with Crippen LogP contribution in [0, 0.1) is 0 Å². The van der Waals surface area contributed by atoms with Crippen molar-refractivity contribution < 1.29 is 19.1 Å². The van der Waals surface area contributed by atoms with Crippen LogP contribution in [0.15, 0.2) is 24.3 Å². The third-order valence-corrected chi connectivity index (χ3v) is 4.81. The number of rotatable bonds is 9. The number of amides is 2. The van der Waals surface area contributed by atoms with Gasteiger partial charge in [0, 0.05) is 44.8 Å². The van der Waals surface area contributed by atoms with E-state index in [1.54, 1.807) is 6.07 Å². The fraction of sp³-hybridized carbons (Fsp3) is 0.600. The summed E-state index contributed by atoms with van der Waals surface area (Å²) in [7, 11) is 0. The molecule has 2 fully saturated rings. The Hall–Kier alpha value is -1.92. The number of nitrogens with zero attached hydrogens (tertiary/aromatic N) is 1. The average molecular weight is 360 g/mol. The first-order valence-corrected chi connectivity index (χ1v) is 9.56. The summed E-state index contributed by atoms with van der Waals surface area (Å²) in [5.74, 6) is 0.113. The van der Waals surface area contributed by atoms with Gasteiger partial charge >= 0.3 is 0 Å². The van der Waals surface area contributed by atoms with Gasteiger partial charge in [-0.2, -0.15) is 0 Å². The number of nitrogens with one attached hydrogen (secondary N) is 1. The minimum atomic E-state index is -0.0845. The topological polar surface area (TPSA) is 67.9 Å². The summed E-state index contributed by atoms with van der Waals surface area (Å²) in [5.41, 5.74) is 1.63. The van der Waals surface area contributed by atoms with Crippen LogP contribution in [0.3, 0.4) is 0 Å². The number of hydrogen-bond donors (Lipinski definition) is 1. The van der Waals surface area contributed by atoms with E-state index in [1.165, 1.54) is 0 Å². The molecule has 2 saturated heterocycles. The van der Waals surface area contributed by atoms with E-state index in [9.17, 15) is 9.59 Å². The molecule has 1 atom stereocenters. The molecule has 0 radical (unpaired) electrons. The molecule has 2 aliphatic heterocycles. The second-order valence-corrected chi connectivity index (χ2v) is 6.94. The maximum atomic E-state index is 12.3. The fourth-order valence-corrected chi connectivity index (χ4v) is 3.37. The van der Waals surface area contributed by atoms with Crippen molar-refractivity contribution in [3.63, 3.8) is 0 Å². The van der Waals surface area contributed by atoms with E-state index in [-0.39, 0.29) is 17.9 Å². The molecule has 1 aromatic rings. The lowest BCUT2D eigenvalue weighted by molar-refractivity contribution is -0.128. The number of carbonyl (C=O) groups excluding carboxylic acids is 2. The first-order valence-electron chi connectivity index (χ1n) is 9.56. The summed E-state index contributed by atoms with van der Waals surface area (Å²) in [4.78, 5) is 25.9.